The summed E-state index contributed by atoms with van der Waals surface area (Å²) >= 11 is 1.96. The van der Waals surface area contributed by atoms with Crippen LogP contribution >= 0.6 is 11.8 Å². The molecular weight excluding hydrogens is 190 g/mol. The van der Waals surface area contributed by atoms with Crippen molar-refractivity contribution in [2.24, 2.45) is 5.92 Å². The van der Waals surface area contributed by atoms with Gasteiger partial charge in [0.2, 0.25) is 0 Å². The number of nitrogens with one attached hydrogen (secondary N) is 1. The van der Waals surface area contributed by atoms with Crippen LogP contribution in [0.2, 0.25) is 0 Å². The first-order valence-electron chi connectivity index (χ1n) is 5.87. The molecule has 1 nitrogen and oxygen atoms in total. The molecule has 2 unspecified atom stereocenters. The lowest BCUT2D eigenvalue weighted by Gasteiger charge is -2.27. The van der Waals surface area contributed by atoms with Crippen LogP contribution in [0.25, 0.3) is 0 Å². The Labute approximate surface area is 93.4 Å². The van der Waals surface area contributed by atoms with Crippen molar-refractivity contribution in [3.63, 3.8) is 0 Å². The molecule has 1 aliphatic carbocycles. The van der Waals surface area contributed by atoms with E-state index in [1.807, 2.05) is 11.8 Å². The lowest BCUT2D eigenvalue weighted by atomic mass is 10.0. The maximum Gasteiger partial charge on any atom is 0.0225 e. The van der Waals surface area contributed by atoms with E-state index >= 15 is 0 Å². The van der Waals surface area contributed by atoms with Crippen molar-refractivity contribution in [2.75, 3.05) is 12.8 Å². The van der Waals surface area contributed by atoms with Crippen molar-refractivity contribution in [3.8, 4) is 0 Å². The average Bonchev–Trinajstić information content (AvgIpc) is 2.62. The van der Waals surface area contributed by atoms with Crippen LogP contribution in [-0.2, 0) is 0 Å². The molecule has 0 heterocycles. The van der Waals surface area contributed by atoms with Gasteiger partial charge in [-0.15, -0.1) is 0 Å². The molecule has 0 aromatic heterocycles. The highest BCUT2D eigenvalue weighted by Crippen LogP contribution is 2.29. The van der Waals surface area contributed by atoms with Crippen molar-refractivity contribution in [3.05, 3.63) is 0 Å². The van der Waals surface area contributed by atoms with Gasteiger partial charge in [0.05, 0.1) is 0 Å². The van der Waals surface area contributed by atoms with Crippen LogP contribution < -0.4 is 5.32 Å². The Balaban J connectivity index is 2.30. The second kappa shape index (κ2) is 5.41. The topological polar surface area (TPSA) is 12.0 Å². The molecule has 0 radical (unpaired) electrons. The van der Waals surface area contributed by atoms with Gasteiger partial charge in [-0.25, -0.2) is 0 Å². The van der Waals surface area contributed by atoms with E-state index in [1.165, 1.54) is 25.7 Å². The summed E-state index contributed by atoms with van der Waals surface area (Å²) in [5.74, 6) is 0.938. The molecule has 0 saturated heterocycles. The molecular formula is C12H25NS. The average molecular weight is 215 g/mol. The van der Waals surface area contributed by atoms with Crippen molar-refractivity contribution in [1.82, 2.24) is 5.32 Å². The van der Waals surface area contributed by atoms with Gasteiger partial charge in [-0.2, -0.15) is 11.8 Å². The Morgan fingerprint density at radius 3 is 2.64 bits per heavy atom. The van der Waals surface area contributed by atoms with Crippen LogP contribution in [0.5, 0.6) is 0 Å². The molecule has 1 rings (SSSR count). The van der Waals surface area contributed by atoms with Crippen molar-refractivity contribution in [2.45, 2.75) is 57.2 Å². The maximum atomic E-state index is 3.75. The van der Waals surface area contributed by atoms with E-state index in [1.54, 1.807) is 0 Å². The molecule has 0 bridgehead atoms. The van der Waals surface area contributed by atoms with Crippen LogP contribution in [-0.4, -0.2) is 23.6 Å². The van der Waals surface area contributed by atoms with Crippen molar-refractivity contribution >= 4 is 11.8 Å². The molecule has 14 heavy (non-hydrogen) atoms. The van der Waals surface area contributed by atoms with Crippen LogP contribution in [0, 0.1) is 5.92 Å². The van der Waals surface area contributed by atoms with Gasteiger partial charge in [-0.3, -0.25) is 0 Å². The minimum absolute atomic E-state index is 0.390. The number of rotatable bonds is 5. The predicted octanol–water partition coefficient (Wildman–Crippen LogP) is 3.30. The Bertz CT molecular complexity index is 168. The summed E-state index contributed by atoms with van der Waals surface area (Å²) in [6, 6.07) is 0.798. The Morgan fingerprint density at radius 1 is 1.36 bits per heavy atom. The number of thioether (sulfide) groups is 1. The van der Waals surface area contributed by atoms with E-state index in [4.69, 9.17) is 0 Å². The summed E-state index contributed by atoms with van der Waals surface area (Å²) in [5, 5.41) is 3.75. The second-order valence-corrected chi connectivity index (χ2v) is 6.56. The zero-order valence-electron chi connectivity index (χ0n) is 10.1. The SMILES string of the molecule is CCC1CCCC1NCC(C)(C)SC. The first-order valence-corrected chi connectivity index (χ1v) is 7.10. The lowest BCUT2D eigenvalue weighted by molar-refractivity contribution is 0.380. The summed E-state index contributed by atoms with van der Waals surface area (Å²) < 4.78 is 0.390. The minimum Gasteiger partial charge on any atom is -0.312 e. The fraction of sp³-hybridized carbons (Fsp3) is 1.00. The molecule has 1 fully saturated rings. The van der Waals surface area contributed by atoms with Crippen molar-refractivity contribution < 1.29 is 0 Å². The van der Waals surface area contributed by atoms with E-state index in [2.05, 4.69) is 32.3 Å². The second-order valence-electron chi connectivity index (χ2n) is 5.05. The van der Waals surface area contributed by atoms with Crippen molar-refractivity contribution in [1.29, 1.82) is 0 Å². The van der Waals surface area contributed by atoms with Gasteiger partial charge in [0.1, 0.15) is 0 Å². The van der Waals surface area contributed by atoms with Gasteiger partial charge >= 0.3 is 0 Å². The number of hydrogen-bond donors (Lipinski definition) is 1. The molecule has 0 aromatic rings. The van der Waals surface area contributed by atoms with Gasteiger partial charge in [0.15, 0.2) is 0 Å². The fourth-order valence-electron chi connectivity index (χ4n) is 2.24. The summed E-state index contributed by atoms with van der Waals surface area (Å²) in [7, 11) is 0. The highest BCUT2D eigenvalue weighted by molar-refractivity contribution is 7.99. The Hall–Kier alpha value is 0.310. The number of hydrogen-bond acceptors (Lipinski definition) is 2. The minimum atomic E-state index is 0.390. The monoisotopic (exact) mass is 215 g/mol. The molecule has 1 aliphatic rings. The van der Waals surface area contributed by atoms with Gasteiger partial charge in [0, 0.05) is 17.3 Å². The van der Waals surface area contributed by atoms with E-state index in [-0.39, 0.29) is 0 Å². The normalized spacial score (nSPS) is 28.3. The molecule has 84 valence electrons. The third-order valence-corrected chi connectivity index (χ3v) is 4.78. The molecule has 1 saturated carbocycles. The van der Waals surface area contributed by atoms with Crippen LogP contribution in [0.3, 0.4) is 0 Å². The third-order valence-electron chi connectivity index (χ3n) is 3.53. The first-order chi connectivity index (χ1) is 6.59. The molecule has 2 heteroatoms. The quantitative estimate of drug-likeness (QED) is 0.755. The predicted molar refractivity (Wildman–Crippen MR) is 67.0 cm³/mol. The largest absolute Gasteiger partial charge is 0.312 e. The molecule has 2 atom stereocenters. The van der Waals surface area contributed by atoms with E-state index in [0.717, 1.165) is 18.5 Å². The molecule has 0 amide bonds. The van der Waals surface area contributed by atoms with Crippen LogP contribution in [0.15, 0.2) is 0 Å². The molecule has 0 aromatic carbocycles. The van der Waals surface area contributed by atoms with E-state index in [0.29, 0.717) is 4.75 Å². The standard InChI is InChI=1S/C12H25NS/c1-5-10-7-6-8-11(10)13-9-12(2,3)14-4/h10-11,13H,5-9H2,1-4H3. The summed E-state index contributed by atoms with van der Waals surface area (Å²) in [4.78, 5) is 0. The smallest absolute Gasteiger partial charge is 0.0225 e. The van der Waals surface area contributed by atoms with Gasteiger partial charge in [-0.05, 0) is 38.9 Å². The third kappa shape index (κ3) is 3.47. The van der Waals surface area contributed by atoms with Crippen LogP contribution in [0.4, 0.5) is 0 Å². The summed E-state index contributed by atoms with van der Waals surface area (Å²) in [6.45, 7) is 8.11. The molecule has 0 aliphatic heterocycles. The summed E-state index contributed by atoms with van der Waals surface area (Å²) in [6.07, 6.45) is 7.80. The Kier molecular flexibility index (Phi) is 4.78. The van der Waals surface area contributed by atoms with Gasteiger partial charge in [0.25, 0.3) is 0 Å². The molecule has 0 spiro atoms. The first kappa shape index (κ1) is 12.4. The van der Waals surface area contributed by atoms with Gasteiger partial charge < -0.3 is 5.32 Å². The van der Waals surface area contributed by atoms with E-state index < -0.39 is 0 Å². The lowest BCUT2D eigenvalue weighted by Crippen LogP contribution is -2.40. The highest BCUT2D eigenvalue weighted by Gasteiger charge is 2.27. The van der Waals surface area contributed by atoms with E-state index in [9.17, 15) is 0 Å². The zero-order valence-corrected chi connectivity index (χ0v) is 10.9. The Morgan fingerprint density at radius 2 is 2.07 bits per heavy atom. The fourth-order valence-corrected chi connectivity index (χ4v) is 2.47. The maximum absolute atomic E-state index is 3.75. The van der Waals surface area contributed by atoms with Gasteiger partial charge in [-0.1, -0.05) is 19.8 Å². The summed E-state index contributed by atoms with van der Waals surface area (Å²) in [5.41, 5.74) is 0. The molecule has 1 N–H and O–H groups in total. The van der Waals surface area contributed by atoms with Crippen LogP contribution in [0.1, 0.15) is 46.5 Å². The highest BCUT2D eigenvalue weighted by atomic mass is 32.2. The zero-order chi connectivity index (χ0) is 10.6.